The largest absolute Gasteiger partial charge is 0.466 e. The van der Waals surface area contributed by atoms with Crippen molar-refractivity contribution < 1.29 is 28.2 Å². The number of rotatable bonds is 5. The first-order valence-electron chi connectivity index (χ1n) is 7.60. The van der Waals surface area contributed by atoms with E-state index in [9.17, 15) is 18.8 Å². The lowest BCUT2D eigenvalue weighted by atomic mass is 9.68. The summed E-state index contributed by atoms with van der Waals surface area (Å²) in [6.45, 7) is 3.54. The topological polar surface area (TPSA) is 69.7 Å². The zero-order chi connectivity index (χ0) is 17.0. The Morgan fingerprint density at radius 1 is 1.22 bits per heavy atom. The standard InChI is InChI=1S/C17H19FO5/c1-3-22-14(19)10-17(16(21)23-4-2)8-7-11-9-12(18)5-6-13(11)15(17)20/h5-6,9H,3-4,7-8,10H2,1-2H3. The molecule has 0 spiro atoms. The van der Waals surface area contributed by atoms with Gasteiger partial charge in [0.25, 0.3) is 0 Å². The number of carbonyl (C=O) groups excluding carboxylic acids is 3. The van der Waals surface area contributed by atoms with Crippen LogP contribution in [0.25, 0.3) is 0 Å². The molecule has 0 bridgehead atoms. The molecule has 2 rings (SSSR count). The summed E-state index contributed by atoms with van der Waals surface area (Å²) >= 11 is 0. The maximum Gasteiger partial charge on any atom is 0.320 e. The maximum absolute atomic E-state index is 13.3. The van der Waals surface area contributed by atoms with Crippen LogP contribution in [-0.2, 0) is 25.5 Å². The Hall–Kier alpha value is -2.24. The van der Waals surface area contributed by atoms with Gasteiger partial charge in [-0.2, -0.15) is 0 Å². The van der Waals surface area contributed by atoms with E-state index in [0.29, 0.717) is 12.0 Å². The van der Waals surface area contributed by atoms with Crippen molar-refractivity contribution >= 4 is 17.7 Å². The Morgan fingerprint density at radius 2 is 1.91 bits per heavy atom. The fourth-order valence-electron chi connectivity index (χ4n) is 2.87. The SMILES string of the molecule is CCOC(=O)CC1(C(=O)OCC)CCc2cc(F)ccc2C1=O. The van der Waals surface area contributed by atoms with Crippen molar-refractivity contribution in [3.63, 3.8) is 0 Å². The third-order valence-electron chi connectivity index (χ3n) is 3.99. The van der Waals surface area contributed by atoms with E-state index in [-0.39, 0.29) is 31.6 Å². The van der Waals surface area contributed by atoms with E-state index < -0.39 is 29.0 Å². The molecule has 0 amide bonds. The van der Waals surface area contributed by atoms with Crippen LogP contribution in [-0.4, -0.2) is 30.9 Å². The molecule has 1 atom stereocenters. The Morgan fingerprint density at radius 3 is 2.57 bits per heavy atom. The Kier molecular flexibility index (Phi) is 5.13. The molecule has 0 fully saturated rings. The quantitative estimate of drug-likeness (QED) is 0.615. The van der Waals surface area contributed by atoms with E-state index in [4.69, 9.17) is 9.47 Å². The molecular weight excluding hydrogens is 303 g/mol. The van der Waals surface area contributed by atoms with Gasteiger partial charge < -0.3 is 9.47 Å². The highest BCUT2D eigenvalue weighted by Gasteiger charge is 2.51. The highest BCUT2D eigenvalue weighted by molar-refractivity contribution is 6.15. The second-order valence-corrected chi connectivity index (χ2v) is 5.41. The molecule has 124 valence electrons. The summed E-state index contributed by atoms with van der Waals surface area (Å²) in [5, 5.41) is 0. The van der Waals surface area contributed by atoms with Crippen molar-refractivity contribution in [3.05, 3.63) is 35.1 Å². The number of Topliss-reactive ketones (excluding diaryl/α,β-unsaturated/α-hetero) is 1. The van der Waals surface area contributed by atoms with Gasteiger partial charge in [0.05, 0.1) is 19.6 Å². The number of ketones is 1. The molecule has 0 aliphatic heterocycles. The van der Waals surface area contributed by atoms with E-state index >= 15 is 0 Å². The third-order valence-corrected chi connectivity index (χ3v) is 3.99. The number of benzene rings is 1. The normalized spacial score (nSPS) is 19.9. The van der Waals surface area contributed by atoms with Crippen LogP contribution in [0, 0.1) is 11.2 Å². The average molecular weight is 322 g/mol. The molecule has 0 heterocycles. The van der Waals surface area contributed by atoms with Crippen molar-refractivity contribution in [2.75, 3.05) is 13.2 Å². The van der Waals surface area contributed by atoms with Crippen molar-refractivity contribution in [2.24, 2.45) is 5.41 Å². The lowest BCUT2D eigenvalue weighted by Gasteiger charge is -2.33. The number of hydrogen-bond acceptors (Lipinski definition) is 5. The zero-order valence-corrected chi connectivity index (χ0v) is 13.2. The number of esters is 2. The number of carbonyl (C=O) groups is 3. The number of halogens is 1. The number of fused-ring (bicyclic) bond motifs is 1. The minimum Gasteiger partial charge on any atom is -0.466 e. The highest BCUT2D eigenvalue weighted by atomic mass is 19.1. The summed E-state index contributed by atoms with van der Waals surface area (Å²) in [4.78, 5) is 37.2. The lowest BCUT2D eigenvalue weighted by Crippen LogP contribution is -2.46. The van der Waals surface area contributed by atoms with Gasteiger partial charge in [-0.1, -0.05) is 0 Å². The van der Waals surface area contributed by atoms with Gasteiger partial charge in [-0.25, -0.2) is 4.39 Å². The van der Waals surface area contributed by atoms with Gasteiger partial charge in [0.1, 0.15) is 11.2 Å². The van der Waals surface area contributed by atoms with Gasteiger partial charge in [-0.05, 0) is 50.5 Å². The first-order chi connectivity index (χ1) is 10.9. The molecule has 0 aromatic heterocycles. The fraction of sp³-hybridized carbons (Fsp3) is 0.471. The summed E-state index contributed by atoms with van der Waals surface area (Å²) in [6, 6.07) is 3.81. The highest BCUT2D eigenvalue weighted by Crippen LogP contribution is 2.40. The predicted molar refractivity (Wildman–Crippen MR) is 79.4 cm³/mol. The molecule has 1 unspecified atom stereocenters. The minimum atomic E-state index is -1.59. The van der Waals surface area contributed by atoms with Gasteiger partial charge >= 0.3 is 11.9 Å². The summed E-state index contributed by atoms with van der Waals surface area (Å²) in [7, 11) is 0. The minimum absolute atomic E-state index is 0.0972. The van der Waals surface area contributed by atoms with Crippen molar-refractivity contribution in [1.29, 1.82) is 0 Å². The molecule has 5 nitrogen and oxygen atoms in total. The van der Waals surface area contributed by atoms with Crippen molar-refractivity contribution in [1.82, 2.24) is 0 Å². The molecule has 1 aliphatic carbocycles. The van der Waals surface area contributed by atoms with Crippen LogP contribution in [0.1, 0.15) is 42.6 Å². The monoisotopic (exact) mass is 322 g/mol. The van der Waals surface area contributed by atoms with Crippen LogP contribution < -0.4 is 0 Å². The van der Waals surface area contributed by atoms with E-state index in [1.807, 2.05) is 0 Å². The average Bonchev–Trinajstić information content (AvgIpc) is 2.50. The van der Waals surface area contributed by atoms with Crippen LogP contribution in [0.2, 0.25) is 0 Å². The number of aryl methyl sites for hydroxylation is 1. The molecule has 0 saturated heterocycles. The van der Waals surface area contributed by atoms with Gasteiger partial charge in [-0.15, -0.1) is 0 Å². The Labute approximate surface area is 133 Å². The van der Waals surface area contributed by atoms with E-state index in [1.165, 1.54) is 18.2 Å². The van der Waals surface area contributed by atoms with Crippen LogP contribution >= 0.6 is 0 Å². The lowest BCUT2D eigenvalue weighted by molar-refractivity contribution is -0.159. The molecular formula is C17H19FO5. The third kappa shape index (κ3) is 3.25. The molecule has 6 heteroatoms. The van der Waals surface area contributed by atoms with Crippen LogP contribution in [0.15, 0.2) is 18.2 Å². The molecule has 1 aromatic rings. The smallest absolute Gasteiger partial charge is 0.320 e. The molecule has 0 radical (unpaired) electrons. The summed E-state index contributed by atoms with van der Waals surface area (Å²) in [5.74, 6) is -2.30. The van der Waals surface area contributed by atoms with Gasteiger partial charge in [0.15, 0.2) is 5.78 Å². The van der Waals surface area contributed by atoms with E-state index in [1.54, 1.807) is 13.8 Å². The van der Waals surface area contributed by atoms with Crippen LogP contribution in [0.3, 0.4) is 0 Å². The second-order valence-electron chi connectivity index (χ2n) is 5.41. The molecule has 1 aromatic carbocycles. The summed E-state index contributed by atoms with van der Waals surface area (Å²) < 4.78 is 23.3. The predicted octanol–water partition coefficient (Wildman–Crippen LogP) is 2.46. The summed E-state index contributed by atoms with van der Waals surface area (Å²) in [5.41, 5.74) is -0.790. The second kappa shape index (κ2) is 6.89. The maximum atomic E-state index is 13.3. The number of hydrogen-bond donors (Lipinski definition) is 0. The molecule has 0 saturated carbocycles. The van der Waals surface area contributed by atoms with Crippen LogP contribution in [0.4, 0.5) is 4.39 Å². The first-order valence-corrected chi connectivity index (χ1v) is 7.60. The van der Waals surface area contributed by atoms with Crippen LogP contribution in [0.5, 0.6) is 0 Å². The zero-order valence-electron chi connectivity index (χ0n) is 13.2. The Bertz CT molecular complexity index is 640. The molecule has 1 aliphatic rings. The van der Waals surface area contributed by atoms with Gasteiger partial charge in [0, 0.05) is 5.56 Å². The first kappa shape index (κ1) is 17.1. The van der Waals surface area contributed by atoms with Gasteiger partial charge in [-0.3, -0.25) is 14.4 Å². The van der Waals surface area contributed by atoms with E-state index in [2.05, 4.69) is 0 Å². The van der Waals surface area contributed by atoms with E-state index in [0.717, 1.165) is 0 Å². The number of ether oxygens (including phenoxy) is 2. The van der Waals surface area contributed by atoms with Crippen molar-refractivity contribution in [2.45, 2.75) is 33.1 Å². The van der Waals surface area contributed by atoms with Gasteiger partial charge in [0.2, 0.25) is 0 Å². The van der Waals surface area contributed by atoms with Crippen molar-refractivity contribution in [3.8, 4) is 0 Å². The fourth-order valence-corrected chi connectivity index (χ4v) is 2.87. The molecule has 0 N–H and O–H groups in total. The molecule has 23 heavy (non-hydrogen) atoms. The summed E-state index contributed by atoms with van der Waals surface area (Å²) in [6.07, 6.45) is 0.0479. The Balaban J connectivity index is 2.42.